The molecule has 8 heteroatoms. The Kier molecular flexibility index (Phi) is 7.83. The third-order valence-electron chi connectivity index (χ3n) is 4.78. The number of hydrogen-bond acceptors (Lipinski definition) is 7. The van der Waals surface area contributed by atoms with Crippen molar-refractivity contribution in [2.24, 2.45) is 0 Å². The van der Waals surface area contributed by atoms with Crippen LogP contribution in [0.4, 0.5) is 0 Å². The van der Waals surface area contributed by atoms with Gasteiger partial charge in [0.25, 0.3) is 0 Å². The predicted molar refractivity (Wildman–Crippen MR) is 102 cm³/mol. The number of esters is 1. The molecule has 7 nitrogen and oxygen atoms in total. The fraction of sp³-hybridized carbons (Fsp3) is 0.550. The van der Waals surface area contributed by atoms with Crippen LogP contribution < -0.4 is 4.74 Å². The third-order valence-corrected chi connectivity index (χ3v) is 5.20. The van der Waals surface area contributed by atoms with Crippen molar-refractivity contribution >= 4 is 29.1 Å². The van der Waals surface area contributed by atoms with Crippen LogP contribution in [-0.4, -0.2) is 49.1 Å². The summed E-state index contributed by atoms with van der Waals surface area (Å²) in [5, 5.41) is 9.98. The number of carbonyl (C=O) groups excluding carboxylic acids is 3. The van der Waals surface area contributed by atoms with Gasteiger partial charge in [0, 0.05) is 44.4 Å². The smallest absolute Gasteiger partial charge is 0.342 e. The Bertz CT molecular complexity index is 759. The lowest BCUT2D eigenvalue weighted by atomic mass is 9.96. The minimum atomic E-state index is -0.721. The second-order valence-corrected chi connectivity index (χ2v) is 7.25. The number of methoxy groups -OCH3 is 2. The van der Waals surface area contributed by atoms with E-state index in [-0.39, 0.29) is 58.5 Å². The Morgan fingerprint density at radius 1 is 1.14 bits per heavy atom. The highest BCUT2D eigenvalue weighted by Gasteiger charge is 2.28. The zero-order chi connectivity index (χ0) is 20.8. The van der Waals surface area contributed by atoms with Crippen molar-refractivity contribution in [2.45, 2.75) is 57.7 Å². The summed E-state index contributed by atoms with van der Waals surface area (Å²) in [4.78, 5) is 37.4. The molecule has 154 valence electrons. The zero-order valence-corrected chi connectivity index (χ0v) is 17.0. The van der Waals surface area contributed by atoms with E-state index in [1.807, 2.05) is 0 Å². The van der Waals surface area contributed by atoms with Gasteiger partial charge in [-0.1, -0.05) is 11.6 Å². The standard InChI is InChI=1S/C20H25ClO7/c1-11-4-5-12(22)6-7-14(26-2)8-13(23)9-15-18(20(25)28-11)17(27-3)10-16(24)19(15)21/h10-11,14,24H,4-9H2,1-3H3/t11-,14+/m0/s1. The molecule has 0 aliphatic carbocycles. The van der Waals surface area contributed by atoms with Gasteiger partial charge < -0.3 is 19.3 Å². The van der Waals surface area contributed by atoms with Crippen LogP contribution >= 0.6 is 11.6 Å². The Morgan fingerprint density at radius 2 is 1.82 bits per heavy atom. The van der Waals surface area contributed by atoms with Crippen LogP contribution in [0, 0.1) is 0 Å². The van der Waals surface area contributed by atoms with Gasteiger partial charge in [-0.05, 0) is 19.8 Å². The van der Waals surface area contributed by atoms with Gasteiger partial charge in [-0.15, -0.1) is 0 Å². The number of hydrogen-bond donors (Lipinski definition) is 1. The summed E-state index contributed by atoms with van der Waals surface area (Å²) in [6, 6.07) is 1.21. The Balaban J connectivity index is 2.48. The number of cyclic esters (lactones) is 1. The van der Waals surface area contributed by atoms with Crippen molar-refractivity contribution < 1.29 is 33.7 Å². The monoisotopic (exact) mass is 412 g/mol. The number of phenolic OH excluding ortho intramolecular Hbond substituents is 1. The average molecular weight is 413 g/mol. The first-order chi connectivity index (χ1) is 13.3. The fourth-order valence-electron chi connectivity index (χ4n) is 3.16. The summed E-state index contributed by atoms with van der Waals surface area (Å²) in [5.41, 5.74) is 0.159. The molecule has 28 heavy (non-hydrogen) atoms. The van der Waals surface area contributed by atoms with Crippen LogP contribution in [0.25, 0.3) is 0 Å². The molecule has 0 amide bonds. The molecule has 0 bridgehead atoms. The van der Waals surface area contributed by atoms with Crippen LogP contribution in [0.1, 0.15) is 54.9 Å². The molecule has 0 saturated carbocycles. The molecule has 2 atom stereocenters. The minimum absolute atomic E-state index is 0.00264. The van der Waals surface area contributed by atoms with Crippen molar-refractivity contribution in [3.63, 3.8) is 0 Å². The number of benzene rings is 1. The van der Waals surface area contributed by atoms with Crippen molar-refractivity contribution in [2.75, 3.05) is 14.2 Å². The molecule has 0 saturated heterocycles. The molecule has 0 radical (unpaired) electrons. The highest BCUT2D eigenvalue weighted by Crippen LogP contribution is 2.38. The van der Waals surface area contributed by atoms with Gasteiger partial charge in [0.2, 0.25) is 0 Å². The van der Waals surface area contributed by atoms with Gasteiger partial charge in [0.05, 0.1) is 24.3 Å². The van der Waals surface area contributed by atoms with E-state index >= 15 is 0 Å². The molecule has 1 aromatic carbocycles. The fourth-order valence-corrected chi connectivity index (χ4v) is 3.38. The first-order valence-electron chi connectivity index (χ1n) is 9.12. The predicted octanol–water partition coefficient (Wildman–Crippen LogP) is 3.26. The van der Waals surface area contributed by atoms with Crippen molar-refractivity contribution in [3.05, 3.63) is 22.2 Å². The quantitative estimate of drug-likeness (QED) is 0.744. The molecule has 0 fully saturated rings. The number of aromatic hydroxyl groups is 1. The lowest BCUT2D eigenvalue weighted by Gasteiger charge is -2.20. The number of rotatable bonds is 2. The Labute approximate surface area is 168 Å². The van der Waals surface area contributed by atoms with E-state index in [1.54, 1.807) is 6.92 Å². The van der Waals surface area contributed by atoms with E-state index in [0.717, 1.165) is 0 Å². The number of ether oxygens (including phenoxy) is 3. The number of Topliss-reactive ketones (excluding diaryl/α,β-unsaturated/α-hetero) is 2. The van der Waals surface area contributed by atoms with E-state index in [4.69, 9.17) is 25.8 Å². The van der Waals surface area contributed by atoms with Crippen LogP contribution in [0.5, 0.6) is 11.5 Å². The van der Waals surface area contributed by atoms with Gasteiger partial charge in [0.1, 0.15) is 28.6 Å². The second-order valence-electron chi connectivity index (χ2n) is 6.87. The molecular weight excluding hydrogens is 388 g/mol. The minimum Gasteiger partial charge on any atom is -0.506 e. The maximum Gasteiger partial charge on any atom is 0.342 e. The average Bonchev–Trinajstić information content (AvgIpc) is 2.65. The SMILES string of the molecule is COc1cc(O)c(Cl)c2c1C(=O)O[C@@H](C)CCC(=O)CC[C@@H](OC)CC(=O)C2. The molecule has 1 heterocycles. The van der Waals surface area contributed by atoms with E-state index in [1.165, 1.54) is 20.3 Å². The lowest BCUT2D eigenvalue weighted by molar-refractivity contribution is -0.123. The zero-order valence-electron chi connectivity index (χ0n) is 16.2. The molecule has 0 unspecified atom stereocenters. The van der Waals surface area contributed by atoms with E-state index in [2.05, 4.69) is 0 Å². The summed E-state index contributed by atoms with van der Waals surface area (Å²) >= 11 is 6.21. The van der Waals surface area contributed by atoms with E-state index in [0.29, 0.717) is 19.3 Å². The number of fused-ring (bicyclic) bond motifs is 1. The van der Waals surface area contributed by atoms with Crippen molar-refractivity contribution in [1.29, 1.82) is 0 Å². The van der Waals surface area contributed by atoms with Gasteiger partial charge in [-0.3, -0.25) is 9.59 Å². The summed E-state index contributed by atoms with van der Waals surface area (Å²) < 4.78 is 16.0. The topological polar surface area (TPSA) is 99.1 Å². The molecule has 0 aromatic heterocycles. The molecule has 1 aliphatic rings. The Morgan fingerprint density at radius 3 is 2.46 bits per heavy atom. The molecule has 1 N–H and O–H groups in total. The van der Waals surface area contributed by atoms with Crippen LogP contribution in [0.3, 0.4) is 0 Å². The number of phenols is 1. The third kappa shape index (κ3) is 5.45. The van der Waals surface area contributed by atoms with Crippen LogP contribution in [-0.2, 0) is 25.5 Å². The highest BCUT2D eigenvalue weighted by atomic mass is 35.5. The molecule has 1 aliphatic heterocycles. The second kappa shape index (κ2) is 9.89. The van der Waals surface area contributed by atoms with E-state index < -0.39 is 18.2 Å². The summed E-state index contributed by atoms with van der Waals surface area (Å²) in [7, 11) is 2.83. The van der Waals surface area contributed by atoms with E-state index in [9.17, 15) is 19.5 Å². The normalized spacial score (nSPS) is 22.2. The molecule has 2 rings (SSSR count). The first-order valence-corrected chi connectivity index (χ1v) is 9.50. The van der Waals surface area contributed by atoms with Crippen LogP contribution in [0.2, 0.25) is 5.02 Å². The number of ketones is 2. The maximum atomic E-state index is 12.8. The van der Waals surface area contributed by atoms with Crippen molar-refractivity contribution in [1.82, 2.24) is 0 Å². The summed E-state index contributed by atoms with van der Waals surface area (Å²) in [6.45, 7) is 1.69. The molecule has 0 spiro atoms. The lowest BCUT2D eigenvalue weighted by Crippen LogP contribution is -2.23. The summed E-state index contributed by atoms with van der Waals surface area (Å²) in [5.74, 6) is -1.16. The number of carbonyl (C=O) groups is 3. The van der Waals surface area contributed by atoms with Gasteiger partial charge in [0.15, 0.2) is 0 Å². The van der Waals surface area contributed by atoms with Gasteiger partial charge >= 0.3 is 5.97 Å². The first kappa shape index (κ1) is 22.2. The van der Waals surface area contributed by atoms with Gasteiger partial charge in [-0.25, -0.2) is 4.79 Å². The number of halogens is 1. The van der Waals surface area contributed by atoms with Crippen LogP contribution in [0.15, 0.2) is 6.07 Å². The molecular formula is C20H25ClO7. The summed E-state index contributed by atoms with van der Waals surface area (Å²) in [6.07, 6.45) is 0.296. The van der Waals surface area contributed by atoms with Gasteiger partial charge in [-0.2, -0.15) is 0 Å². The Hall–Kier alpha value is -2.12. The largest absolute Gasteiger partial charge is 0.506 e. The van der Waals surface area contributed by atoms with Crippen molar-refractivity contribution in [3.8, 4) is 11.5 Å². The highest BCUT2D eigenvalue weighted by molar-refractivity contribution is 6.33. The maximum absolute atomic E-state index is 12.8. The molecule has 1 aromatic rings.